The number of nitrogens with one attached hydrogen (secondary N) is 1. The second-order valence-corrected chi connectivity index (χ2v) is 7.12. The van der Waals surface area contributed by atoms with Gasteiger partial charge in [-0.1, -0.05) is 23.4 Å². The number of aromatic nitrogens is 6. The lowest BCUT2D eigenvalue weighted by Gasteiger charge is -2.10. The van der Waals surface area contributed by atoms with E-state index in [4.69, 9.17) is 9.26 Å². The monoisotopic (exact) mass is 429 g/mol. The SMILES string of the molecule is CCNC(=O)c1ccc(COc2nn3c(-c4cc(C)on4)nnc3c3ccccc23)nc1. The average Bonchev–Trinajstić information content (AvgIpc) is 3.44. The fraction of sp³-hybridized carbons (Fsp3) is 0.182. The average molecular weight is 429 g/mol. The first-order valence-electron chi connectivity index (χ1n) is 10.1. The van der Waals surface area contributed by atoms with Gasteiger partial charge in [-0.15, -0.1) is 15.3 Å². The van der Waals surface area contributed by atoms with E-state index in [1.54, 1.807) is 29.6 Å². The molecule has 4 heterocycles. The smallest absolute Gasteiger partial charge is 0.252 e. The maximum Gasteiger partial charge on any atom is 0.252 e. The van der Waals surface area contributed by atoms with Crippen LogP contribution in [0.25, 0.3) is 27.9 Å². The number of carbonyl (C=O) groups excluding carboxylic acids is 1. The van der Waals surface area contributed by atoms with Crippen molar-refractivity contribution in [2.45, 2.75) is 20.5 Å². The summed E-state index contributed by atoms with van der Waals surface area (Å²) in [6.45, 7) is 4.41. The number of amides is 1. The van der Waals surface area contributed by atoms with E-state index >= 15 is 0 Å². The van der Waals surface area contributed by atoms with Crippen LogP contribution < -0.4 is 10.1 Å². The van der Waals surface area contributed by atoms with Crippen molar-refractivity contribution in [1.29, 1.82) is 0 Å². The zero-order valence-corrected chi connectivity index (χ0v) is 17.4. The van der Waals surface area contributed by atoms with E-state index in [1.807, 2.05) is 31.2 Å². The minimum Gasteiger partial charge on any atom is -0.470 e. The van der Waals surface area contributed by atoms with Crippen molar-refractivity contribution in [2.75, 3.05) is 6.54 Å². The molecule has 5 aromatic rings. The molecule has 0 radical (unpaired) electrons. The Morgan fingerprint density at radius 1 is 1.16 bits per heavy atom. The van der Waals surface area contributed by atoms with Crippen LogP contribution in [0, 0.1) is 6.92 Å². The molecule has 4 aromatic heterocycles. The van der Waals surface area contributed by atoms with Crippen LogP contribution in [-0.2, 0) is 6.61 Å². The number of rotatable bonds is 6. The lowest BCUT2D eigenvalue weighted by atomic mass is 10.2. The number of carbonyl (C=O) groups is 1. The van der Waals surface area contributed by atoms with Crippen molar-refractivity contribution < 1.29 is 14.1 Å². The molecule has 0 fully saturated rings. The highest BCUT2D eigenvalue weighted by molar-refractivity contribution is 5.97. The van der Waals surface area contributed by atoms with Gasteiger partial charge in [-0.25, -0.2) is 0 Å². The molecule has 10 nitrogen and oxygen atoms in total. The zero-order valence-electron chi connectivity index (χ0n) is 17.4. The van der Waals surface area contributed by atoms with E-state index in [2.05, 4.69) is 30.8 Å². The maximum atomic E-state index is 11.9. The molecule has 160 valence electrons. The number of ether oxygens (including phenoxy) is 1. The molecule has 0 aliphatic rings. The van der Waals surface area contributed by atoms with Crippen molar-refractivity contribution in [3.05, 3.63) is 65.7 Å². The molecular formula is C22H19N7O3. The first-order valence-corrected chi connectivity index (χ1v) is 10.1. The summed E-state index contributed by atoms with van der Waals surface area (Å²) in [7, 11) is 0. The van der Waals surface area contributed by atoms with Gasteiger partial charge in [0.05, 0.1) is 11.3 Å². The maximum absolute atomic E-state index is 11.9. The summed E-state index contributed by atoms with van der Waals surface area (Å²) in [4.78, 5) is 16.2. The molecule has 0 saturated carbocycles. The molecule has 0 atom stereocenters. The summed E-state index contributed by atoms with van der Waals surface area (Å²) in [5, 5.41) is 21.6. The Balaban J connectivity index is 1.49. The molecular weight excluding hydrogens is 410 g/mol. The fourth-order valence-electron chi connectivity index (χ4n) is 3.34. The summed E-state index contributed by atoms with van der Waals surface area (Å²) >= 11 is 0. The number of fused-ring (bicyclic) bond motifs is 3. The molecule has 0 bridgehead atoms. The highest BCUT2D eigenvalue weighted by atomic mass is 16.5. The summed E-state index contributed by atoms with van der Waals surface area (Å²) in [5.74, 6) is 1.37. The van der Waals surface area contributed by atoms with Crippen LogP contribution in [0.3, 0.4) is 0 Å². The van der Waals surface area contributed by atoms with Crippen LogP contribution in [0.1, 0.15) is 28.7 Å². The molecule has 0 unspecified atom stereocenters. The molecule has 0 aliphatic heterocycles. The normalized spacial score (nSPS) is 11.2. The molecule has 0 spiro atoms. The van der Waals surface area contributed by atoms with E-state index in [0.29, 0.717) is 46.6 Å². The summed E-state index contributed by atoms with van der Waals surface area (Å²) in [5.41, 5.74) is 2.29. The minimum absolute atomic E-state index is 0.159. The Morgan fingerprint density at radius 3 is 2.72 bits per heavy atom. The lowest BCUT2D eigenvalue weighted by Crippen LogP contribution is -2.22. The molecule has 32 heavy (non-hydrogen) atoms. The van der Waals surface area contributed by atoms with Crippen molar-refractivity contribution in [3.63, 3.8) is 0 Å². The van der Waals surface area contributed by atoms with Gasteiger partial charge >= 0.3 is 0 Å². The Labute approximate surface area is 182 Å². The van der Waals surface area contributed by atoms with Gasteiger partial charge in [-0.2, -0.15) is 4.52 Å². The predicted molar refractivity (Wildman–Crippen MR) is 115 cm³/mol. The van der Waals surface area contributed by atoms with Crippen LogP contribution in [-0.4, -0.2) is 42.4 Å². The van der Waals surface area contributed by atoms with Gasteiger partial charge in [-0.05, 0) is 32.0 Å². The molecule has 1 N–H and O–H groups in total. The van der Waals surface area contributed by atoms with Gasteiger partial charge in [-0.3, -0.25) is 9.78 Å². The van der Waals surface area contributed by atoms with E-state index in [1.165, 1.54) is 6.20 Å². The van der Waals surface area contributed by atoms with Gasteiger partial charge < -0.3 is 14.6 Å². The Bertz CT molecular complexity index is 1420. The van der Waals surface area contributed by atoms with Crippen LogP contribution in [0.15, 0.2) is 53.2 Å². The minimum atomic E-state index is -0.159. The molecule has 1 amide bonds. The topological polar surface area (TPSA) is 120 Å². The number of hydrogen-bond donors (Lipinski definition) is 1. The second kappa shape index (κ2) is 8.06. The third-order valence-corrected chi connectivity index (χ3v) is 4.87. The van der Waals surface area contributed by atoms with Crippen molar-refractivity contribution in [2.24, 2.45) is 0 Å². The summed E-state index contributed by atoms with van der Waals surface area (Å²) < 4.78 is 12.8. The number of benzene rings is 1. The zero-order chi connectivity index (χ0) is 22.1. The summed E-state index contributed by atoms with van der Waals surface area (Å²) in [6, 6.07) is 12.9. The van der Waals surface area contributed by atoms with Gasteiger partial charge in [0.25, 0.3) is 5.91 Å². The Kier molecular flexibility index (Phi) is 4.94. The third-order valence-electron chi connectivity index (χ3n) is 4.87. The molecule has 0 aliphatic carbocycles. The third kappa shape index (κ3) is 3.51. The van der Waals surface area contributed by atoms with Gasteiger partial charge in [0, 0.05) is 29.6 Å². The molecule has 10 heteroatoms. The van der Waals surface area contributed by atoms with Crippen LogP contribution in [0.2, 0.25) is 0 Å². The van der Waals surface area contributed by atoms with Gasteiger partial charge in [0.1, 0.15) is 12.4 Å². The highest BCUT2D eigenvalue weighted by Crippen LogP contribution is 2.29. The van der Waals surface area contributed by atoms with E-state index in [-0.39, 0.29) is 12.5 Å². The lowest BCUT2D eigenvalue weighted by molar-refractivity contribution is 0.0955. The fourth-order valence-corrected chi connectivity index (χ4v) is 3.34. The van der Waals surface area contributed by atoms with E-state index < -0.39 is 0 Å². The van der Waals surface area contributed by atoms with Gasteiger partial charge in [0.2, 0.25) is 11.7 Å². The number of hydrogen-bond acceptors (Lipinski definition) is 8. The number of pyridine rings is 1. The number of aryl methyl sites for hydroxylation is 1. The Hall–Kier alpha value is -4.34. The predicted octanol–water partition coefficient (Wildman–Crippen LogP) is 2.96. The molecule has 1 aromatic carbocycles. The van der Waals surface area contributed by atoms with Crippen molar-refractivity contribution >= 4 is 22.3 Å². The van der Waals surface area contributed by atoms with Crippen LogP contribution >= 0.6 is 0 Å². The quantitative estimate of drug-likeness (QED) is 0.437. The van der Waals surface area contributed by atoms with Gasteiger partial charge in [0.15, 0.2) is 11.3 Å². The van der Waals surface area contributed by atoms with Crippen molar-refractivity contribution in [3.8, 4) is 17.4 Å². The first-order chi connectivity index (χ1) is 15.6. The van der Waals surface area contributed by atoms with Crippen LogP contribution in [0.4, 0.5) is 0 Å². The largest absolute Gasteiger partial charge is 0.470 e. The Morgan fingerprint density at radius 2 is 2.00 bits per heavy atom. The highest BCUT2D eigenvalue weighted by Gasteiger charge is 2.18. The molecule has 5 rings (SSSR count). The van der Waals surface area contributed by atoms with Crippen LogP contribution in [0.5, 0.6) is 5.88 Å². The van der Waals surface area contributed by atoms with E-state index in [0.717, 1.165) is 10.8 Å². The van der Waals surface area contributed by atoms with Crippen molar-refractivity contribution in [1.82, 2.24) is 35.3 Å². The molecule has 0 saturated heterocycles. The second-order valence-electron chi connectivity index (χ2n) is 7.12. The summed E-state index contributed by atoms with van der Waals surface area (Å²) in [6.07, 6.45) is 1.53. The number of nitrogens with zero attached hydrogens (tertiary/aromatic N) is 6. The van der Waals surface area contributed by atoms with E-state index in [9.17, 15) is 4.79 Å². The first kappa shape index (κ1) is 19.6. The standard InChI is InChI=1S/C22H19N7O3/c1-3-23-21(30)14-8-9-15(24-11-14)12-31-22-17-7-5-4-6-16(17)19-25-26-20(29(19)27-22)18-10-13(2)32-28-18/h4-11H,3,12H2,1-2H3,(H,23,30).